The molecule has 3 rings (SSSR count). The lowest BCUT2D eigenvalue weighted by molar-refractivity contribution is -0.130. The summed E-state index contributed by atoms with van der Waals surface area (Å²) in [6.07, 6.45) is 15.4. The lowest BCUT2D eigenvalue weighted by Crippen LogP contribution is -2.50. The minimum absolute atomic E-state index is 0.422. The highest BCUT2D eigenvalue weighted by Crippen LogP contribution is 2.63. The van der Waals surface area contributed by atoms with Crippen LogP contribution in [0.25, 0.3) is 0 Å². The lowest BCUT2D eigenvalue weighted by atomic mass is 9.46. The van der Waals surface area contributed by atoms with E-state index in [0.29, 0.717) is 11.3 Å². The molecule has 0 N–H and O–H groups in total. The van der Waals surface area contributed by atoms with E-state index in [1.807, 2.05) is 0 Å². The SMILES string of the molecule is CCCC1CCC(C2CC3(CC(C=O)C3)C2)CC1. The molecule has 0 heterocycles. The first-order valence-electron chi connectivity index (χ1n) is 8.20. The van der Waals surface area contributed by atoms with Gasteiger partial charge in [-0.15, -0.1) is 0 Å². The van der Waals surface area contributed by atoms with Crippen LogP contribution in [0, 0.1) is 29.1 Å². The van der Waals surface area contributed by atoms with E-state index in [4.69, 9.17) is 0 Å². The quantitative estimate of drug-likeness (QED) is 0.665. The van der Waals surface area contributed by atoms with E-state index >= 15 is 0 Å². The maximum atomic E-state index is 10.7. The monoisotopic (exact) mass is 248 g/mol. The first-order chi connectivity index (χ1) is 8.74. The van der Waals surface area contributed by atoms with Gasteiger partial charge in [-0.25, -0.2) is 0 Å². The molecule has 3 saturated carbocycles. The number of carbonyl (C=O) groups is 1. The predicted octanol–water partition coefficient (Wildman–Crippen LogP) is 4.60. The maximum Gasteiger partial charge on any atom is 0.123 e. The summed E-state index contributed by atoms with van der Waals surface area (Å²) in [6, 6.07) is 0. The van der Waals surface area contributed by atoms with Crippen molar-refractivity contribution in [2.75, 3.05) is 0 Å². The van der Waals surface area contributed by atoms with Crippen LogP contribution < -0.4 is 0 Å². The van der Waals surface area contributed by atoms with Crippen molar-refractivity contribution in [1.82, 2.24) is 0 Å². The van der Waals surface area contributed by atoms with Crippen LogP contribution in [0.5, 0.6) is 0 Å². The highest BCUT2D eigenvalue weighted by atomic mass is 16.1. The van der Waals surface area contributed by atoms with E-state index < -0.39 is 0 Å². The number of hydrogen-bond donors (Lipinski definition) is 0. The molecular weight excluding hydrogens is 220 g/mol. The summed E-state index contributed by atoms with van der Waals surface area (Å²) in [7, 11) is 0. The molecule has 0 atom stereocenters. The van der Waals surface area contributed by atoms with E-state index in [1.54, 1.807) is 0 Å². The molecule has 0 aromatic heterocycles. The van der Waals surface area contributed by atoms with Gasteiger partial charge in [0, 0.05) is 5.92 Å². The van der Waals surface area contributed by atoms with Crippen molar-refractivity contribution in [3.8, 4) is 0 Å². The van der Waals surface area contributed by atoms with Crippen molar-refractivity contribution in [1.29, 1.82) is 0 Å². The van der Waals surface area contributed by atoms with Crippen LogP contribution in [0.1, 0.15) is 71.1 Å². The van der Waals surface area contributed by atoms with Gasteiger partial charge in [0.2, 0.25) is 0 Å². The van der Waals surface area contributed by atoms with E-state index in [-0.39, 0.29) is 0 Å². The Morgan fingerprint density at radius 2 is 1.67 bits per heavy atom. The van der Waals surface area contributed by atoms with Crippen molar-refractivity contribution in [2.45, 2.75) is 71.1 Å². The van der Waals surface area contributed by atoms with Gasteiger partial charge in [-0.2, -0.15) is 0 Å². The van der Waals surface area contributed by atoms with Gasteiger partial charge in [-0.1, -0.05) is 32.6 Å². The Balaban J connectivity index is 1.40. The fourth-order valence-corrected chi connectivity index (χ4v) is 5.22. The second-order valence-corrected chi connectivity index (χ2v) is 7.54. The number of rotatable bonds is 4. The van der Waals surface area contributed by atoms with Crippen LogP contribution in [-0.4, -0.2) is 6.29 Å². The van der Waals surface area contributed by atoms with Gasteiger partial charge >= 0.3 is 0 Å². The summed E-state index contributed by atoms with van der Waals surface area (Å²) >= 11 is 0. The molecule has 18 heavy (non-hydrogen) atoms. The molecule has 3 fully saturated rings. The van der Waals surface area contributed by atoms with Crippen molar-refractivity contribution >= 4 is 6.29 Å². The lowest BCUT2D eigenvalue weighted by Gasteiger charge is -2.59. The van der Waals surface area contributed by atoms with Crippen LogP contribution in [0.4, 0.5) is 0 Å². The van der Waals surface area contributed by atoms with E-state index in [1.165, 1.54) is 70.5 Å². The molecule has 0 aliphatic heterocycles. The summed E-state index contributed by atoms with van der Waals surface area (Å²) in [5, 5.41) is 0. The highest BCUT2D eigenvalue weighted by Gasteiger charge is 2.54. The largest absolute Gasteiger partial charge is 0.303 e. The van der Waals surface area contributed by atoms with Gasteiger partial charge in [0.1, 0.15) is 6.29 Å². The summed E-state index contributed by atoms with van der Waals surface area (Å²) in [5.41, 5.74) is 0.649. The first-order valence-corrected chi connectivity index (χ1v) is 8.20. The van der Waals surface area contributed by atoms with Gasteiger partial charge < -0.3 is 4.79 Å². The molecule has 0 radical (unpaired) electrons. The summed E-state index contributed by atoms with van der Waals surface area (Å²) in [4.78, 5) is 10.7. The third-order valence-electron chi connectivity index (χ3n) is 6.23. The summed E-state index contributed by atoms with van der Waals surface area (Å²) in [5.74, 6) is 3.54. The fraction of sp³-hybridized carbons (Fsp3) is 0.941. The molecule has 0 unspecified atom stereocenters. The number of aldehydes is 1. The molecule has 0 bridgehead atoms. The van der Waals surface area contributed by atoms with Crippen LogP contribution in [0.15, 0.2) is 0 Å². The van der Waals surface area contributed by atoms with Crippen LogP contribution in [-0.2, 0) is 4.79 Å². The molecular formula is C17H28O. The topological polar surface area (TPSA) is 17.1 Å². The third kappa shape index (κ3) is 2.26. The first kappa shape index (κ1) is 12.7. The fourth-order valence-electron chi connectivity index (χ4n) is 5.22. The average Bonchev–Trinajstić information content (AvgIpc) is 2.28. The molecule has 0 aromatic rings. The molecule has 102 valence electrons. The van der Waals surface area contributed by atoms with E-state index in [9.17, 15) is 4.79 Å². The van der Waals surface area contributed by atoms with Gasteiger partial charge in [-0.05, 0) is 61.7 Å². The van der Waals surface area contributed by atoms with E-state index in [2.05, 4.69) is 6.92 Å². The second kappa shape index (κ2) is 4.98. The smallest absolute Gasteiger partial charge is 0.123 e. The second-order valence-electron chi connectivity index (χ2n) is 7.54. The zero-order valence-electron chi connectivity index (χ0n) is 11.9. The third-order valence-corrected chi connectivity index (χ3v) is 6.23. The zero-order valence-corrected chi connectivity index (χ0v) is 11.9. The van der Waals surface area contributed by atoms with Crippen LogP contribution in [0.2, 0.25) is 0 Å². The predicted molar refractivity (Wildman–Crippen MR) is 74.3 cm³/mol. The van der Waals surface area contributed by atoms with Crippen molar-refractivity contribution in [3.63, 3.8) is 0 Å². The molecule has 0 saturated heterocycles. The Bertz CT molecular complexity index is 287. The van der Waals surface area contributed by atoms with Crippen LogP contribution >= 0.6 is 0 Å². The van der Waals surface area contributed by atoms with Gasteiger partial charge in [-0.3, -0.25) is 0 Å². The molecule has 3 aliphatic rings. The molecule has 1 heteroatoms. The number of hydrogen-bond acceptors (Lipinski definition) is 1. The Hall–Kier alpha value is -0.330. The van der Waals surface area contributed by atoms with Gasteiger partial charge in [0.05, 0.1) is 0 Å². The Labute approximate surface area is 112 Å². The maximum absolute atomic E-state index is 10.7. The minimum atomic E-state index is 0.422. The number of carbonyl (C=O) groups excluding carboxylic acids is 1. The minimum Gasteiger partial charge on any atom is -0.303 e. The molecule has 0 amide bonds. The summed E-state index contributed by atoms with van der Waals surface area (Å²) < 4.78 is 0. The van der Waals surface area contributed by atoms with Crippen LogP contribution in [0.3, 0.4) is 0 Å². The van der Waals surface area contributed by atoms with Crippen molar-refractivity contribution < 1.29 is 4.79 Å². The molecule has 0 aromatic carbocycles. The zero-order chi connectivity index (χ0) is 12.6. The average molecular weight is 248 g/mol. The van der Waals surface area contributed by atoms with E-state index in [0.717, 1.165) is 17.8 Å². The highest BCUT2D eigenvalue weighted by molar-refractivity contribution is 5.55. The Kier molecular flexibility index (Phi) is 3.51. The summed E-state index contributed by atoms with van der Waals surface area (Å²) in [6.45, 7) is 2.32. The van der Waals surface area contributed by atoms with Gasteiger partial charge in [0.15, 0.2) is 0 Å². The standard InChI is InChI=1S/C17H28O/c1-2-3-13-4-6-15(7-5-13)16-10-17(11-16)8-14(9-17)12-18/h12-16H,2-11H2,1H3. The Morgan fingerprint density at radius 3 is 2.22 bits per heavy atom. The van der Waals surface area contributed by atoms with Gasteiger partial charge in [0.25, 0.3) is 0 Å². The normalized spacial score (nSPS) is 47.4. The molecule has 1 nitrogen and oxygen atoms in total. The van der Waals surface area contributed by atoms with Crippen molar-refractivity contribution in [2.24, 2.45) is 29.1 Å². The van der Waals surface area contributed by atoms with Crippen molar-refractivity contribution in [3.05, 3.63) is 0 Å². The molecule has 1 spiro atoms. The molecule has 3 aliphatic carbocycles. The Morgan fingerprint density at radius 1 is 1.00 bits per heavy atom.